The molecular weight excluding hydrogens is 150 g/mol. The van der Waals surface area contributed by atoms with E-state index in [-0.39, 0.29) is 0 Å². The second-order valence-electron chi connectivity index (χ2n) is 3.99. The van der Waals surface area contributed by atoms with E-state index in [0.717, 1.165) is 31.6 Å². The molecule has 2 aliphatic rings. The van der Waals surface area contributed by atoms with Crippen molar-refractivity contribution >= 4 is 0 Å². The van der Waals surface area contributed by atoms with Gasteiger partial charge >= 0.3 is 0 Å². The largest absolute Gasteiger partial charge is 0.329 e. The quantitative estimate of drug-likeness (QED) is 0.605. The minimum absolute atomic E-state index is 0.769. The Morgan fingerprint density at radius 1 is 1.42 bits per heavy atom. The molecule has 2 fully saturated rings. The van der Waals surface area contributed by atoms with Crippen LogP contribution in [0.2, 0.25) is 0 Å². The predicted octanol–water partition coefficient (Wildman–Crippen LogP) is -0.371. The van der Waals surface area contributed by atoms with Crippen LogP contribution >= 0.6 is 0 Å². The van der Waals surface area contributed by atoms with Crippen LogP contribution in [-0.4, -0.2) is 43.7 Å². The lowest BCUT2D eigenvalue weighted by atomic mass is 10.1. The SMILES string of the molecule is NCCN1CCNC(C2CC2)C1. The van der Waals surface area contributed by atoms with Gasteiger partial charge < -0.3 is 11.1 Å². The zero-order valence-electron chi connectivity index (χ0n) is 7.63. The molecule has 1 atom stereocenters. The molecule has 3 N–H and O–H groups in total. The highest BCUT2D eigenvalue weighted by atomic mass is 15.2. The standard InChI is InChI=1S/C9H19N3/c10-3-5-12-6-4-11-9(7-12)8-1-2-8/h8-9,11H,1-7,10H2. The van der Waals surface area contributed by atoms with Gasteiger partial charge in [-0.3, -0.25) is 4.90 Å². The highest BCUT2D eigenvalue weighted by Crippen LogP contribution is 2.33. The van der Waals surface area contributed by atoms with Crippen LogP contribution in [0, 0.1) is 5.92 Å². The van der Waals surface area contributed by atoms with E-state index in [9.17, 15) is 0 Å². The molecule has 1 aliphatic carbocycles. The molecule has 1 unspecified atom stereocenters. The summed E-state index contributed by atoms with van der Waals surface area (Å²) < 4.78 is 0. The van der Waals surface area contributed by atoms with Gasteiger partial charge in [-0.2, -0.15) is 0 Å². The van der Waals surface area contributed by atoms with Crippen LogP contribution in [0.25, 0.3) is 0 Å². The Kier molecular flexibility index (Phi) is 2.63. The van der Waals surface area contributed by atoms with Crippen molar-refractivity contribution in [3.05, 3.63) is 0 Å². The predicted molar refractivity (Wildman–Crippen MR) is 50.0 cm³/mol. The van der Waals surface area contributed by atoms with Crippen molar-refractivity contribution in [1.29, 1.82) is 0 Å². The highest BCUT2D eigenvalue weighted by molar-refractivity contribution is 4.91. The number of nitrogens with one attached hydrogen (secondary N) is 1. The molecule has 3 nitrogen and oxygen atoms in total. The molecule has 1 saturated heterocycles. The molecule has 0 amide bonds. The number of rotatable bonds is 3. The summed E-state index contributed by atoms with van der Waals surface area (Å²) in [5, 5.41) is 3.59. The van der Waals surface area contributed by atoms with Gasteiger partial charge in [0.15, 0.2) is 0 Å². The maximum Gasteiger partial charge on any atom is 0.0223 e. The van der Waals surface area contributed by atoms with Crippen molar-refractivity contribution < 1.29 is 0 Å². The Morgan fingerprint density at radius 3 is 2.92 bits per heavy atom. The van der Waals surface area contributed by atoms with Gasteiger partial charge in [-0.25, -0.2) is 0 Å². The number of nitrogens with zero attached hydrogens (tertiary/aromatic N) is 1. The lowest BCUT2D eigenvalue weighted by Crippen LogP contribution is -2.52. The van der Waals surface area contributed by atoms with Gasteiger partial charge in [-0.1, -0.05) is 0 Å². The van der Waals surface area contributed by atoms with E-state index >= 15 is 0 Å². The zero-order chi connectivity index (χ0) is 8.39. The second-order valence-corrected chi connectivity index (χ2v) is 3.99. The van der Waals surface area contributed by atoms with Gasteiger partial charge in [-0.15, -0.1) is 0 Å². The third-order valence-corrected chi connectivity index (χ3v) is 2.93. The van der Waals surface area contributed by atoms with Crippen LogP contribution in [0.4, 0.5) is 0 Å². The first-order valence-electron chi connectivity index (χ1n) is 5.06. The minimum Gasteiger partial charge on any atom is -0.329 e. The Bertz CT molecular complexity index is 143. The first-order chi connectivity index (χ1) is 5.90. The third-order valence-electron chi connectivity index (χ3n) is 2.93. The number of nitrogens with two attached hydrogens (primary N) is 1. The molecule has 2 rings (SSSR count). The molecule has 70 valence electrons. The van der Waals surface area contributed by atoms with E-state index in [1.165, 1.54) is 25.9 Å². The van der Waals surface area contributed by atoms with Crippen molar-refractivity contribution in [2.75, 3.05) is 32.7 Å². The summed E-state index contributed by atoms with van der Waals surface area (Å²) in [6.07, 6.45) is 2.88. The fourth-order valence-electron chi connectivity index (χ4n) is 2.04. The molecule has 12 heavy (non-hydrogen) atoms. The molecule has 1 heterocycles. The van der Waals surface area contributed by atoms with Crippen molar-refractivity contribution in [3.8, 4) is 0 Å². The average Bonchev–Trinajstić information content (AvgIpc) is 2.88. The first kappa shape index (κ1) is 8.48. The number of piperazine rings is 1. The third kappa shape index (κ3) is 1.97. The van der Waals surface area contributed by atoms with Crippen LogP contribution in [-0.2, 0) is 0 Å². The van der Waals surface area contributed by atoms with Crippen LogP contribution in [0.3, 0.4) is 0 Å². The van der Waals surface area contributed by atoms with Gasteiger partial charge in [0.1, 0.15) is 0 Å². The Hall–Kier alpha value is -0.120. The van der Waals surface area contributed by atoms with E-state index < -0.39 is 0 Å². The fourth-order valence-corrected chi connectivity index (χ4v) is 2.04. The van der Waals surface area contributed by atoms with Gasteiger partial charge in [0.2, 0.25) is 0 Å². The molecule has 0 aromatic rings. The van der Waals surface area contributed by atoms with Gasteiger partial charge in [-0.05, 0) is 18.8 Å². The van der Waals surface area contributed by atoms with Gasteiger partial charge in [0.05, 0.1) is 0 Å². The molecule has 0 spiro atoms. The number of hydrogen-bond acceptors (Lipinski definition) is 3. The summed E-state index contributed by atoms with van der Waals surface area (Å²) in [7, 11) is 0. The molecule has 1 saturated carbocycles. The molecule has 0 aromatic heterocycles. The average molecular weight is 169 g/mol. The minimum atomic E-state index is 0.769. The van der Waals surface area contributed by atoms with Crippen LogP contribution in [0.5, 0.6) is 0 Å². The molecular formula is C9H19N3. The van der Waals surface area contributed by atoms with Crippen molar-refractivity contribution in [1.82, 2.24) is 10.2 Å². The number of hydrogen-bond donors (Lipinski definition) is 2. The first-order valence-corrected chi connectivity index (χ1v) is 5.06. The summed E-state index contributed by atoms with van der Waals surface area (Å²) in [5.41, 5.74) is 5.53. The van der Waals surface area contributed by atoms with E-state index in [0.29, 0.717) is 0 Å². The van der Waals surface area contributed by atoms with Crippen LogP contribution in [0.1, 0.15) is 12.8 Å². The van der Waals surface area contributed by atoms with Crippen LogP contribution < -0.4 is 11.1 Å². The van der Waals surface area contributed by atoms with Gasteiger partial charge in [0, 0.05) is 38.8 Å². The normalized spacial score (nSPS) is 32.2. The summed E-state index contributed by atoms with van der Waals surface area (Å²) in [4.78, 5) is 2.49. The second kappa shape index (κ2) is 3.73. The summed E-state index contributed by atoms with van der Waals surface area (Å²) in [5.74, 6) is 0.977. The zero-order valence-corrected chi connectivity index (χ0v) is 7.63. The summed E-state index contributed by atoms with van der Waals surface area (Å²) >= 11 is 0. The summed E-state index contributed by atoms with van der Waals surface area (Å²) in [6.45, 7) is 5.44. The van der Waals surface area contributed by atoms with E-state index in [2.05, 4.69) is 10.2 Å². The Morgan fingerprint density at radius 2 is 2.25 bits per heavy atom. The topological polar surface area (TPSA) is 41.3 Å². The van der Waals surface area contributed by atoms with Gasteiger partial charge in [0.25, 0.3) is 0 Å². The molecule has 1 aliphatic heterocycles. The smallest absolute Gasteiger partial charge is 0.0223 e. The highest BCUT2D eigenvalue weighted by Gasteiger charge is 2.33. The summed E-state index contributed by atoms with van der Waals surface area (Å²) in [6, 6.07) is 0.769. The molecule has 0 radical (unpaired) electrons. The maximum absolute atomic E-state index is 5.53. The lowest BCUT2D eigenvalue weighted by molar-refractivity contribution is 0.193. The Balaban J connectivity index is 1.77. The van der Waals surface area contributed by atoms with E-state index in [1.54, 1.807) is 0 Å². The Labute approximate surface area is 74.3 Å². The maximum atomic E-state index is 5.53. The molecule has 3 heteroatoms. The van der Waals surface area contributed by atoms with Crippen molar-refractivity contribution in [2.45, 2.75) is 18.9 Å². The van der Waals surface area contributed by atoms with E-state index in [1.807, 2.05) is 0 Å². The molecule has 0 bridgehead atoms. The molecule has 0 aromatic carbocycles. The van der Waals surface area contributed by atoms with E-state index in [4.69, 9.17) is 5.73 Å². The van der Waals surface area contributed by atoms with Crippen molar-refractivity contribution in [3.63, 3.8) is 0 Å². The van der Waals surface area contributed by atoms with Crippen LogP contribution in [0.15, 0.2) is 0 Å². The lowest BCUT2D eigenvalue weighted by Gasteiger charge is -2.33. The monoisotopic (exact) mass is 169 g/mol. The van der Waals surface area contributed by atoms with Crippen molar-refractivity contribution in [2.24, 2.45) is 11.7 Å². The fraction of sp³-hybridized carbons (Fsp3) is 1.00.